The highest BCUT2D eigenvalue weighted by Crippen LogP contribution is 2.35. The summed E-state index contributed by atoms with van der Waals surface area (Å²) < 4.78 is 6.80. The van der Waals surface area contributed by atoms with Crippen LogP contribution < -0.4 is 0 Å². The van der Waals surface area contributed by atoms with Gasteiger partial charge in [-0.3, -0.25) is 4.79 Å². The normalized spacial score (nSPS) is 11.0. The van der Waals surface area contributed by atoms with Gasteiger partial charge < -0.3 is 9.52 Å². The van der Waals surface area contributed by atoms with E-state index in [0.29, 0.717) is 0 Å². The number of aliphatic carboxylic acids is 1. The van der Waals surface area contributed by atoms with Crippen LogP contribution in [-0.2, 0) is 11.2 Å². The molecule has 0 saturated heterocycles. The smallest absolute Gasteiger partial charge is 0.307 e. The van der Waals surface area contributed by atoms with Crippen LogP contribution in [0.4, 0.5) is 0 Å². The molecular weight excluding hydrogens is 332 g/mol. The van der Waals surface area contributed by atoms with Crippen LogP contribution >= 0.6 is 15.9 Å². The van der Waals surface area contributed by atoms with Crippen molar-refractivity contribution in [2.24, 2.45) is 0 Å². The lowest BCUT2D eigenvalue weighted by atomic mass is 10.0. The van der Waals surface area contributed by atoms with E-state index < -0.39 is 5.97 Å². The van der Waals surface area contributed by atoms with Crippen LogP contribution in [0.3, 0.4) is 0 Å². The number of halogens is 1. The first-order chi connectivity index (χ1) is 10.0. The summed E-state index contributed by atoms with van der Waals surface area (Å²) in [4.78, 5) is 10.9. The molecule has 1 heterocycles. The first kappa shape index (κ1) is 13.9. The third-order valence-corrected chi connectivity index (χ3v) is 3.95. The zero-order valence-corrected chi connectivity index (χ0v) is 13.0. The number of hydrogen-bond donors (Lipinski definition) is 1. The Labute approximate surface area is 130 Å². The molecule has 0 aliphatic carbocycles. The van der Waals surface area contributed by atoms with E-state index in [9.17, 15) is 4.79 Å². The second-order valence-electron chi connectivity index (χ2n) is 4.94. The second-order valence-corrected chi connectivity index (χ2v) is 5.86. The van der Waals surface area contributed by atoms with Gasteiger partial charge in [-0.25, -0.2) is 0 Å². The molecule has 0 fully saturated rings. The number of fused-ring (bicyclic) bond motifs is 1. The molecule has 0 bridgehead atoms. The number of furan rings is 1. The summed E-state index contributed by atoms with van der Waals surface area (Å²) >= 11 is 3.43. The standard InChI is InChI=1S/C17H13BrO3/c1-10-17(12-3-5-13(18)6-4-12)14-8-11(9-16(19)20)2-7-15(14)21-10/h2-8H,9H2,1H3,(H,19,20). The van der Waals surface area contributed by atoms with Gasteiger partial charge in [-0.1, -0.05) is 34.1 Å². The molecule has 21 heavy (non-hydrogen) atoms. The average molecular weight is 345 g/mol. The number of benzene rings is 2. The largest absolute Gasteiger partial charge is 0.481 e. The van der Waals surface area contributed by atoms with E-state index in [0.717, 1.165) is 37.9 Å². The van der Waals surface area contributed by atoms with Crippen LogP contribution in [0, 0.1) is 6.92 Å². The van der Waals surface area contributed by atoms with Gasteiger partial charge in [0, 0.05) is 15.4 Å². The van der Waals surface area contributed by atoms with Gasteiger partial charge in [0.2, 0.25) is 0 Å². The molecule has 1 aromatic heterocycles. The monoisotopic (exact) mass is 344 g/mol. The van der Waals surface area contributed by atoms with Crippen LogP contribution in [-0.4, -0.2) is 11.1 Å². The highest BCUT2D eigenvalue weighted by Gasteiger charge is 2.14. The number of carboxylic acids is 1. The third-order valence-electron chi connectivity index (χ3n) is 3.42. The molecule has 0 atom stereocenters. The van der Waals surface area contributed by atoms with Crippen molar-refractivity contribution in [3.05, 3.63) is 58.3 Å². The molecule has 3 nitrogen and oxygen atoms in total. The van der Waals surface area contributed by atoms with Crippen molar-refractivity contribution in [2.45, 2.75) is 13.3 Å². The third kappa shape index (κ3) is 2.72. The molecule has 3 rings (SSSR count). The van der Waals surface area contributed by atoms with E-state index in [-0.39, 0.29) is 6.42 Å². The number of rotatable bonds is 3. The van der Waals surface area contributed by atoms with Gasteiger partial charge in [0.15, 0.2) is 0 Å². The van der Waals surface area contributed by atoms with Crippen molar-refractivity contribution in [1.82, 2.24) is 0 Å². The Morgan fingerprint density at radius 1 is 1.19 bits per heavy atom. The Bertz CT molecular complexity index is 816. The Balaban J connectivity index is 2.18. The van der Waals surface area contributed by atoms with Gasteiger partial charge in [0.1, 0.15) is 11.3 Å². The van der Waals surface area contributed by atoms with E-state index in [1.54, 1.807) is 6.07 Å². The lowest BCUT2D eigenvalue weighted by Crippen LogP contribution is -1.99. The van der Waals surface area contributed by atoms with E-state index in [2.05, 4.69) is 15.9 Å². The van der Waals surface area contributed by atoms with Gasteiger partial charge in [-0.05, 0) is 42.3 Å². The zero-order chi connectivity index (χ0) is 15.0. The SMILES string of the molecule is Cc1oc2ccc(CC(=O)O)cc2c1-c1ccc(Br)cc1. The Kier molecular flexibility index (Phi) is 3.55. The van der Waals surface area contributed by atoms with Crippen molar-refractivity contribution >= 4 is 32.9 Å². The number of carboxylic acid groups (broad SMARTS) is 1. The van der Waals surface area contributed by atoms with Gasteiger partial charge >= 0.3 is 5.97 Å². The topological polar surface area (TPSA) is 50.4 Å². The molecule has 0 aliphatic heterocycles. The lowest BCUT2D eigenvalue weighted by molar-refractivity contribution is -0.136. The quantitative estimate of drug-likeness (QED) is 0.742. The first-order valence-corrected chi connectivity index (χ1v) is 7.33. The number of hydrogen-bond acceptors (Lipinski definition) is 2. The van der Waals surface area contributed by atoms with E-state index in [1.807, 2.05) is 43.3 Å². The molecule has 0 unspecified atom stereocenters. The summed E-state index contributed by atoms with van der Waals surface area (Å²) in [5.74, 6) is -0.000411. The molecule has 1 N–H and O–H groups in total. The van der Waals surface area contributed by atoms with E-state index in [1.165, 1.54) is 0 Å². The number of carbonyl (C=O) groups is 1. The summed E-state index contributed by atoms with van der Waals surface area (Å²) in [6.07, 6.45) is 0.0138. The number of aryl methyl sites for hydroxylation is 1. The highest BCUT2D eigenvalue weighted by atomic mass is 79.9. The Hall–Kier alpha value is -2.07. The van der Waals surface area contributed by atoms with Crippen LogP contribution in [0.15, 0.2) is 51.4 Å². The predicted molar refractivity (Wildman–Crippen MR) is 85.4 cm³/mol. The van der Waals surface area contributed by atoms with Crippen molar-refractivity contribution in [3.63, 3.8) is 0 Å². The zero-order valence-electron chi connectivity index (χ0n) is 11.4. The molecule has 4 heteroatoms. The lowest BCUT2D eigenvalue weighted by Gasteiger charge is -2.02. The Morgan fingerprint density at radius 3 is 2.57 bits per heavy atom. The highest BCUT2D eigenvalue weighted by molar-refractivity contribution is 9.10. The van der Waals surface area contributed by atoms with Crippen molar-refractivity contribution < 1.29 is 14.3 Å². The van der Waals surface area contributed by atoms with Crippen LogP contribution in [0.1, 0.15) is 11.3 Å². The Morgan fingerprint density at radius 2 is 1.90 bits per heavy atom. The van der Waals surface area contributed by atoms with Crippen molar-refractivity contribution in [1.29, 1.82) is 0 Å². The maximum atomic E-state index is 10.9. The predicted octanol–water partition coefficient (Wildman–Crippen LogP) is 4.80. The molecule has 0 spiro atoms. The van der Waals surface area contributed by atoms with Crippen molar-refractivity contribution in [2.75, 3.05) is 0 Å². The fourth-order valence-corrected chi connectivity index (χ4v) is 2.79. The molecule has 0 radical (unpaired) electrons. The summed E-state index contributed by atoms with van der Waals surface area (Å²) in [5, 5.41) is 9.88. The van der Waals surface area contributed by atoms with Gasteiger partial charge in [0.05, 0.1) is 6.42 Å². The van der Waals surface area contributed by atoms with Crippen LogP contribution in [0.5, 0.6) is 0 Å². The summed E-state index contributed by atoms with van der Waals surface area (Å²) in [5.41, 5.74) is 3.63. The van der Waals surface area contributed by atoms with Crippen LogP contribution in [0.2, 0.25) is 0 Å². The van der Waals surface area contributed by atoms with E-state index >= 15 is 0 Å². The molecule has 0 aliphatic rings. The maximum absolute atomic E-state index is 10.9. The molecule has 106 valence electrons. The molecule has 3 aromatic rings. The minimum Gasteiger partial charge on any atom is -0.481 e. The second kappa shape index (κ2) is 5.37. The summed E-state index contributed by atoms with van der Waals surface area (Å²) in [6, 6.07) is 13.5. The fraction of sp³-hybridized carbons (Fsp3) is 0.118. The minimum atomic E-state index is -0.834. The minimum absolute atomic E-state index is 0.0138. The van der Waals surface area contributed by atoms with Gasteiger partial charge in [0.25, 0.3) is 0 Å². The first-order valence-electron chi connectivity index (χ1n) is 6.54. The molecular formula is C17H13BrO3. The summed E-state index contributed by atoms with van der Waals surface area (Å²) in [6.45, 7) is 1.92. The van der Waals surface area contributed by atoms with Gasteiger partial charge in [-0.2, -0.15) is 0 Å². The van der Waals surface area contributed by atoms with Crippen molar-refractivity contribution in [3.8, 4) is 11.1 Å². The average Bonchev–Trinajstić information content (AvgIpc) is 2.75. The molecule has 0 amide bonds. The molecule has 2 aromatic carbocycles. The fourth-order valence-electron chi connectivity index (χ4n) is 2.53. The molecule has 0 saturated carbocycles. The van der Waals surface area contributed by atoms with E-state index in [4.69, 9.17) is 9.52 Å². The summed E-state index contributed by atoms with van der Waals surface area (Å²) in [7, 11) is 0. The van der Waals surface area contributed by atoms with Gasteiger partial charge in [-0.15, -0.1) is 0 Å². The maximum Gasteiger partial charge on any atom is 0.307 e. The van der Waals surface area contributed by atoms with Crippen LogP contribution in [0.25, 0.3) is 22.1 Å².